The minimum absolute atomic E-state index is 0.0451. The average molecular weight is 301 g/mol. The summed E-state index contributed by atoms with van der Waals surface area (Å²) in [6.45, 7) is 2.22. The number of carboxylic acids is 1. The molecule has 1 unspecified atom stereocenters. The Morgan fingerprint density at radius 1 is 1.35 bits per heavy atom. The molecule has 1 rings (SSSR count). The Labute approximate surface area is 118 Å². The molecule has 0 bridgehead atoms. The summed E-state index contributed by atoms with van der Waals surface area (Å²) in [4.78, 5) is 11.2. The van der Waals surface area contributed by atoms with Crippen molar-refractivity contribution in [3.05, 3.63) is 35.9 Å². The molecule has 20 heavy (non-hydrogen) atoms. The first-order valence-corrected chi connectivity index (χ1v) is 7.94. The average Bonchev–Trinajstić information content (AvgIpc) is 2.39. The van der Waals surface area contributed by atoms with Gasteiger partial charge >= 0.3 is 5.97 Å². The summed E-state index contributed by atoms with van der Waals surface area (Å²) in [5, 5.41) is 9.11. The van der Waals surface area contributed by atoms with Gasteiger partial charge in [-0.15, -0.1) is 0 Å². The second kappa shape index (κ2) is 7.98. The Balaban J connectivity index is 2.65. The van der Waals surface area contributed by atoms with E-state index in [1.165, 1.54) is 0 Å². The summed E-state index contributed by atoms with van der Waals surface area (Å²) in [5.74, 6) is -1.45. The Morgan fingerprint density at radius 3 is 2.55 bits per heavy atom. The molecular formula is C13H19NO5S. The molecular weight excluding hydrogens is 282 g/mol. The molecule has 0 spiro atoms. The molecule has 7 heteroatoms. The van der Waals surface area contributed by atoms with E-state index < -0.39 is 22.0 Å². The molecule has 2 N–H and O–H groups in total. The van der Waals surface area contributed by atoms with Crippen LogP contribution in [0, 0.1) is 0 Å². The van der Waals surface area contributed by atoms with Gasteiger partial charge in [-0.1, -0.05) is 30.3 Å². The lowest BCUT2D eigenvalue weighted by Gasteiger charge is -2.14. The first kappa shape index (κ1) is 16.6. The highest BCUT2D eigenvalue weighted by molar-refractivity contribution is 7.89. The van der Waals surface area contributed by atoms with Crippen LogP contribution in [0.3, 0.4) is 0 Å². The molecule has 0 aliphatic rings. The number of aliphatic carboxylic acids is 1. The molecule has 0 aromatic heterocycles. The van der Waals surface area contributed by atoms with Crippen LogP contribution in [0.1, 0.15) is 12.5 Å². The summed E-state index contributed by atoms with van der Waals surface area (Å²) in [5.41, 5.74) is 0.757. The lowest BCUT2D eigenvalue weighted by atomic mass is 10.1. The highest BCUT2D eigenvalue weighted by atomic mass is 32.2. The van der Waals surface area contributed by atoms with Crippen LogP contribution in [0.25, 0.3) is 0 Å². The zero-order chi connectivity index (χ0) is 15.0. The van der Waals surface area contributed by atoms with Gasteiger partial charge in [0.05, 0.1) is 12.4 Å². The molecule has 0 saturated heterocycles. The van der Waals surface area contributed by atoms with Crippen LogP contribution in [0.5, 0.6) is 0 Å². The minimum Gasteiger partial charge on any atom is -0.480 e. The van der Waals surface area contributed by atoms with Gasteiger partial charge in [0.25, 0.3) is 0 Å². The van der Waals surface area contributed by atoms with Gasteiger partial charge in [-0.2, -0.15) is 0 Å². The Morgan fingerprint density at radius 2 is 2.00 bits per heavy atom. The molecule has 0 radical (unpaired) electrons. The lowest BCUT2D eigenvalue weighted by Crippen LogP contribution is -2.43. The van der Waals surface area contributed by atoms with Crippen LogP contribution in [0.2, 0.25) is 0 Å². The van der Waals surface area contributed by atoms with Gasteiger partial charge in [-0.3, -0.25) is 4.79 Å². The molecule has 6 nitrogen and oxygen atoms in total. The van der Waals surface area contributed by atoms with Crippen LogP contribution in [-0.2, 0) is 26.0 Å². The third kappa shape index (κ3) is 6.14. The van der Waals surface area contributed by atoms with Crippen molar-refractivity contribution in [1.29, 1.82) is 0 Å². The largest absolute Gasteiger partial charge is 0.480 e. The quantitative estimate of drug-likeness (QED) is 0.653. The Kier molecular flexibility index (Phi) is 6.63. The predicted molar refractivity (Wildman–Crippen MR) is 75.0 cm³/mol. The fraction of sp³-hybridized carbons (Fsp3) is 0.462. The van der Waals surface area contributed by atoms with E-state index in [2.05, 4.69) is 4.72 Å². The second-order valence-electron chi connectivity index (χ2n) is 4.21. The fourth-order valence-corrected chi connectivity index (χ4v) is 2.69. The maximum absolute atomic E-state index is 11.8. The van der Waals surface area contributed by atoms with E-state index in [4.69, 9.17) is 9.84 Å². The number of nitrogens with one attached hydrogen (secondary N) is 1. The van der Waals surface area contributed by atoms with Crippen molar-refractivity contribution in [2.45, 2.75) is 19.4 Å². The Bertz CT molecular complexity index is 515. The van der Waals surface area contributed by atoms with E-state index in [9.17, 15) is 13.2 Å². The molecule has 0 fully saturated rings. The standard InChI is InChI=1S/C13H19NO5S/c1-2-19-8-9-20(17,18)14-12(13(15)16)10-11-6-4-3-5-7-11/h3-7,12,14H,2,8-10H2,1H3,(H,15,16). The highest BCUT2D eigenvalue weighted by Gasteiger charge is 2.24. The molecule has 1 aromatic carbocycles. The number of carboxylic acid groups (broad SMARTS) is 1. The zero-order valence-electron chi connectivity index (χ0n) is 11.3. The number of carbonyl (C=O) groups is 1. The van der Waals surface area contributed by atoms with Crippen molar-refractivity contribution in [3.63, 3.8) is 0 Å². The summed E-state index contributed by atoms with van der Waals surface area (Å²) in [6.07, 6.45) is 0.101. The van der Waals surface area contributed by atoms with Crippen molar-refractivity contribution in [3.8, 4) is 0 Å². The third-order valence-corrected chi connectivity index (χ3v) is 3.95. The maximum Gasteiger partial charge on any atom is 0.322 e. The van der Waals surface area contributed by atoms with E-state index in [1.54, 1.807) is 31.2 Å². The van der Waals surface area contributed by atoms with Crippen LogP contribution >= 0.6 is 0 Å². The number of rotatable bonds is 9. The predicted octanol–water partition coefficient (Wildman–Crippen LogP) is 0.638. The topological polar surface area (TPSA) is 92.7 Å². The second-order valence-corrected chi connectivity index (χ2v) is 6.09. The van der Waals surface area contributed by atoms with Gasteiger partial charge in [-0.25, -0.2) is 13.1 Å². The first-order valence-electron chi connectivity index (χ1n) is 6.29. The van der Waals surface area contributed by atoms with E-state index >= 15 is 0 Å². The van der Waals surface area contributed by atoms with E-state index in [1.807, 2.05) is 6.07 Å². The number of sulfonamides is 1. The SMILES string of the molecule is CCOCCS(=O)(=O)NC(Cc1ccccc1)C(=O)O. The smallest absolute Gasteiger partial charge is 0.322 e. The van der Waals surface area contributed by atoms with E-state index in [-0.39, 0.29) is 18.8 Å². The molecule has 0 aliphatic carbocycles. The third-order valence-electron chi connectivity index (χ3n) is 2.60. The van der Waals surface area contributed by atoms with Crippen LogP contribution in [0.4, 0.5) is 0 Å². The van der Waals surface area contributed by atoms with Gasteiger partial charge in [0.1, 0.15) is 6.04 Å². The van der Waals surface area contributed by atoms with Crippen molar-refractivity contribution in [2.75, 3.05) is 19.0 Å². The van der Waals surface area contributed by atoms with Crippen LogP contribution < -0.4 is 4.72 Å². The van der Waals surface area contributed by atoms with Crippen molar-refractivity contribution in [2.24, 2.45) is 0 Å². The van der Waals surface area contributed by atoms with Crippen molar-refractivity contribution >= 4 is 16.0 Å². The summed E-state index contributed by atoms with van der Waals surface area (Å²) < 4.78 is 30.7. The van der Waals surface area contributed by atoms with Crippen LogP contribution in [-0.4, -0.2) is 44.5 Å². The first-order chi connectivity index (χ1) is 9.44. The molecule has 1 atom stereocenters. The number of benzene rings is 1. The maximum atomic E-state index is 11.8. The van der Waals surface area contributed by atoms with Gasteiger partial charge in [0, 0.05) is 6.61 Å². The molecule has 1 aromatic rings. The Hall–Kier alpha value is -1.44. The summed E-state index contributed by atoms with van der Waals surface area (Å²) in [6, 6.07) is 7.69. The van der Waals surface area contributed by atoms with Gasteiger partial charge in [0.2, 0.25) is 10.0 Å². The van der Waals surface area contributed by atoms with E-state index in [0.29, 0.717) is 6.61 Å². The fourth-order valence-electron chi connectivity index (χ4n) is 1.62. The highest BCUT2D eigenvalue weighted by Crippen LogP contribution is 2.05. The van der Waals surface area contributed by atoms with Crippen molar-refractivity contribution in [1.82, 2.24) is 4.72 Å². The number of hydrogen-bond donors (Lipinski definition) is 2. The van der Waals surface area contributed by atoms with Crippen molar-refractivity contribution < 1.29 is 23.1 Å². The molecule has 0 aliphatic heterocycles. The number of ether oxygens (including phenoxy) is 1. The van der Waals surface area contributed by atoms with Gasteiger partial charge in [0.15, 0.2) is 0 Å². The number of hydrogen-bond acceptors (Lipinski definition) is 4. The van der Waals surface area contributed by atoms with Crippen LogP contribution in [0.15, 0.2) is 30.3 Å². The molecule has 112 valence electrons. The van der Waals surface area contributed by atoms with Gasteiger partial charge in [-0.05, 0) is 18.9 Å². The summed E-state index contributed by atoms with van der Waals surface area (Å²) in [7, 11) is -3.67. The normalized spacial score (nSPS) is 13.1. The van der Waals surface area contributed by atoms with E-state index in [0.717, 1.165) is 5.56 Å². The zero-order valence-corrected chi connectivity index (χ0v) is 12.1. The minimum atomic E-state index is -3.67. The van der Waals surface area contributed by atoms with Gasteiger partial charge < -0.3 is 9.84 Å². The molecule has 0 heterocycles. The molecule has 0 saturated carbocycles. The molecule has 0 amide bonds. The summed E-state index contributed by atoms with van der Waals surface area (Å²) >= 11 is 0. The monoisotopic (exact) mass is 301 g/mol. The lowest BCUT2D eigenvalue weighted by molar-refractivity contribution is -0.138.